The fraction of sp³-hybridized carbons (Fsp3) is 0.333. The molecule has 1 unspecified atom stereocenters. The van der Waals surface area contributed by atoms with E-state index in [0.717, 1.165) is 53.9 Å². The number of hydrogen-bond donors (Lipinski definition) is 1. The number of hydrogen-bond acceptors (Lipinski definition) is 5. The third-order valence-electron chi connectivity index (χ3n) is 5.72. The highest BCUT2D eigenvalue weighted by molar-refractivity contribution is 7.12. The Balaban J connectivity index is 1.87. The summed E-state index contributed by atoms with van der Waals surface area (Å²) in [7, 11) is 0. The molecule has 0 bridgehead atoms. The highest BCUT2D eigenvalue weighted by atomic mass is 35.5. The number of halogens is 1. The fourth-order valence-electron chi connectivity index (χ4n) is 4.32. The molecule has 0 radical (unpaired) electrons. The van der Waals surface area contributed by atoms with E-state index in [2.05, 4.69) is 25.1 Å². The number of aryl methyl sites for hydroxylation is 1. The predicted molar refractivity (Wildman–Crippen MR) is 122 cm³/mol. The molecule has 30 heavy (non-hydrogen) atoms. The van der Waals surface area contributed by atoms with Crippen LogP contribution in [0.15, 0.2) is 59.1 Å². The molecule has 0 fully saturated rings. The summed E-state index contributed by atoms with van der Waals surface area (Å²) in [4.78, 5) is 17.3. The first-order chi connectivity index (χ1) is 14.5. The smallest absolute Gasteiger partial charge is 0.161 e. The second-order valence-corrected chi connectivity index (χ2v) is 9.34. The summed E-state index contributed by atoms with van der Waals surface area (Å²) in [6.45, 7) is 2.18. The van der Waals surface area contributed by atoms with Gasteiger partial charge in [-0.2, -0.15) is 5.26 Å². The van der Waals surface area contributed by atoms with Crippen LogP contribution in [0.25, 0.3) is 0 Å². The molecule has 6 heteroatoms. The van der Waals surface area contributed by atoms with Crippen LogP contribution < -0.4 is 10.6 Å². The van der Waals surface area contributed by atoms with Gasteiger partial charge in [-0.15, -0.1) is 11.3 Å². The summed E-state index contributed by atoms with van der Waals surface area (Å²) < 4.78 is 0. The summed E-state index contributed by atoms with van der Waals surface area (Å²) in [5.74, 6) is 0.118. The lowest BCUT2D eigenvalue weighted by atomic mass is 9.78. The number of thiophene rings is 1. The number of ketones is 1. The summed E-state index contributed by atoms with van der Waals surface area (Å²) >= 11 is 7.92. The lowest BCUT2D eigenvalue weighted by Gasteiger charge is -2.39. The minimum absolute atomic E-state index is 0.108. The molecular formula is C24H24ClN3OS. The van der Waals surface area contributed by atoms with Gasteiger partial charge in [-0.05, 0) is 56.0 Å². The maximum Gasteiger partial charge on any atom is 0.161 e. The molecule has 2 heterocycles. The molecule has 2 N–H and O–H groups in total. The predicted octanol–water partition coefficient (Wildman–Crippen LogP) is 6.05. The molecule has 154 valence electrons. The SMILES string of the molecule is CCCCc1ccc(C2C(C#N)=C(N)N(c3cccc(Cl)c3)C3=C2C(=O)CCC3)s1. The van der Waals surface area contributed by atoms with E-state index in [1.807, 2.05) is 23.1 Å². The summed E-state index contributed by atoms with van der Waals surface area (Å²) in [6.07, 6.45) is 5.31. The number of nitrogens with two attached hydrogens (primary N) is 1. The summed E-state index contributed by atoms with van der Waals surface area (Å²) in [5, 5.41) is 10.7. The molecule has 1 atom stereocenters. The maximum atomic E-state index is 13.1. The van der Waals surface area contributed by atoms with Gasteiger partial charge in [0, 0.05) is 38.2 Å². The Hall–Kier alpha value is -2.55. The number of nitriles is 1. The standard InChI is InChI=1S/C24H24ClN3OS/c1-2-3-8-17-11-12-21(30-17)22-18(14-26)24(27)28(16-7-4-6-15(25)13-16)19-9-5-10-20(29)23(19)22/h4,6-7,11-13,22H,2-3,5,8-10,27H2,1H3. The number of unbranched alkanes of at least 4 members (excludes halogenated alkanes) is 1. The molecule has 1 aromatic heterocycles. The first-order valence-corrected chi connectivity index (χ1v) is 11.5. The Bertz CT molecular complexity index is 1090. The summed E-state index contributed by atoms with van der Waals surface area (Å²) in [6, 6.07) is 13.9. The van der Waals surface area contributed by atoms with Crippen LogP contribution in [-0.2, 0) is 11.2 Å². The number of benzene rings is 1. The van der Waals surface area contributed by atoms with Crippen LogP contribution >= 0.6 is 22.9 Å². The van der Waals surface area contributed by atoms with Gasteiger partial charge in [-0.25, -0.2) is 0 Å². The zero-order chi connectivity index (χ0) is 21.3. The van der Waals surface area contributed by atoms with Gasteiger partial charge in [-0.3, -0.25) is 9.69 Å². The number of carbonyl (C=O) groups is 1. The van der Waals surface area contributed by atoms with Gasteiger partial charge < -0.3 is 5.73 Å². The average Bonchev–Trinajstić information content (AvgIpc) is 3.20. The van der Waals surface area contributed by atoms with E-state index < -0.39 is 0 Å². The van der Waals surface area contributed by atoms with Crippen molar-refractivity contribution in [3.63, 3.8) is 0 Å². The van der Waals surface area contributed by atoms with Crippen molar-refractivity contribution in [1.29, 1.82) is 5.26 Å². The number of rotatable bonds is 5. The van der Waals surface area contributed by atoms with Gasteiger partial charge in [-0.1, -0.05) is 31.0 Å². The lowest BCUT2D eigenvalue weighted by Crippen LogP contribution is -2.38. The molecule has 2 aromatic rings. The first kappa shape index (κ1) is 20.7. The van der Waals surface area contributed by atoms with E-state index in [4.69, 9.17) is 17.3 Å². The molecular weight excluding hydrogens is 414 g/mol. The largest absolute Gasteiger partial charge is 0.384 e. The molecule has 0 saturated heterocycles. The highest BCUT2D eigenvalue weighted by Crippen LogP contribution is 2.47. The second kappa shape index (κ2) is 8.67. The zero-order valence-electron chi connectivity index (χ0n) is 17.0. The van der Waals surface area contributed by atoms with E-state index in [-0.39, 0.29) is 11.7 Å². The van der Waals surface area contributed by atoms with Crippen molar-refractivity contribution in [1.82, 2.24) is 0 Å². The van der Waals surface area contributed by atoms with Crippen LogP contribution in [0.4, 0.5) is 5.69 Å². The quantitative estimate of drug-likeness (QED) is 0.618. The fourth-order valence-corrected chi connectivity index (χ4v) is 5.68. The number of anilines is 1. The van der Waals surface area contributed by atoms with Crippen molar-refractivity contribution in [3.05, 3.63) is 73.8 Å². The Morgan fingerprint density at radius 1 is 1.30 bits per heavy atom. The Kier molecular flexibility index (Phi) is 5.99. The molecule has 0 saturated carbocycles. The molecule has 0 spiro atoms. The molecule has 1 aliphatic carbocycles. The number of carbonyl (C=O) groups excluding carboxylic acids is 1. The molecule has 1 aromatic carbocycles. The van der Waals surface area contributed by atoms with Gasteiger partial charge in [0.1, 0.15) is 5.82 Å². The Morgan fingerprint density at radius 2 is 2.13 bits per heavy atom. The highest BCUT2D eigenvalue weighted by Gasteiger charge is 2.40. The van der Waals surface area contributed by atoms with E-state index in [9.17, 15) is 10.1 Å². The third kappa shape index (κ3) is 3.66. The molecule has 4 nitrogen and oxygen atoms in total. The monoisotopic (exact) mass is 437 g/mol. The van der Waals surface area contributed by atoms with Crippen LogP contribution in [0.3, 0.4) is 0 Å². The first-order valence-electron chi connectivity index (χ1n) is 10.4. The zero-order valence-corrected chi connectivity index (χ0v) is 18.5. The lowest BCUT2D eigenvalue weighted by molar-refractivity contribution is -0.116. The van der Waals surface area contributed by atoms with Crippen LogP contribution in [0.5, 0.6) is 0 Å². The number of Topliss-reactive ketones (excluding diaryl/α,β-unsaturated/α-hetero) is 1. The van der Waals surface area contributed by atoms with Crippen LogP contribution in [0, 0.1) is 11.3 Å². The maximum absolute atomic E-state index is 13.1. The third-order valence-corrected chi connectivity index (χ3v) is 7.17. The van der Waals surface area contributed by atoms with Gasteiger partial charge >= 0.3 is 0 Å². The van der Waals surface area contributed by atoms with Crippen molar-refractivity contribution in [2.45, 2.75) is 51.4 Å². The minimum Gasteiger partial charge on any atom is -0.384 e. The minimum atomic E-state index is -0.381. The number of allylic oxidation sites excluding steroid dienone is 3. The van der Waals surface area contributed by atoms with Crippen molar-refractivity contribution >= 4 is 34.4 Å². The second-order valence-electron chi connectivity index (χ2n) is 7.70. The molecule has 4 rings (SSSR count). The van der Waals surface area contributed by atoms with Crippen LogP contribution in [0.1, 0.15) is 54.7 Å². The number of nitrogens with zero attached hydrogens (tertiary/aromatic N) is 2. The van der Waals surface area contributed by atoms with Gasteiger partial charge in [0.25, 0.3) is 0 Å². The van der Waals surface area contributed by atoms with Gasteiger partial charge in [0.2, 0.25) is 0 Å². The molecule has 1 aliphatic heterocycles. The van der Waals surface area contributed by atoms with Gasteiger partial charge in [0.15, 0.2) is 5.78 Å². The van der Waals surface area contributed by atoms with E-state index >= 15 is 0 Å². The van der Waals surface area contributed by atoms with Crippen molar-refractivity contribution < 1.29 is 4.79 Å². The van der Waals surface area contributed by atoms with E-state index in [1.165, 1.54) is 4.88 Å². The normalized spacial score (nSPS) is 19.2. The average molecular weight is 438 g/mol. The van der Waals surface area contributed by atoms with Gasteiger partial charge in [0.05, 0.1) is 17.6 Å². The summed E-state index contributed by atoms with van der Waals surface area (Å²) in [5.41, 5.74) is 9.42. The molecule has 0 amide bonds. The van der Waals surface area contributed by atoms with E-state index in [1.54, 1.807) is 17.4 Å². The van der Waals surface area contributed by atoms with Crippen LogP contribution in [0.2, 0.25) is 5.02 Å². The van der Waals surface area contributed by atoms with Crippen molar-refractivity contribution in [2.24, 2.45) is 5.73 Å². The Morgan fingerprint density at radius 3 is 2.87 bits per heavy atom. The molecule has 2 aliphatic rings. The van der Waals surface area contributed by atoms with Crippen molar-refractivity contribution in [2.75, 3.05) is 4.90 Å². The van der Waals surface area contributed by atoms with Crippen molar-refractivity contribution in [3.8, 4) is 6.07 Å². The Labute approximate surface area is 186 Å². The van der Waals surface area contributed by atoms with Crippen LogP contribution in [-0.4, -0.2) is 5.78 Å². The van der Waals surface area contributed by atoms with E-state index in [0.29, 0.717) is 22.8 Å². The topological polar surface area (TPSA) is 70.1 Å².